The molecule has 0 unspecified atom stereocenters. The molecule has 0 aliphatic carbocycles. The van der Waals surface area contributed by atoms with Crippen LogP contribution in [0.1, 0.15) is 22.4 Å². The van der Waals surface area contributed by atoms with Crippen LogP contribution in [0.3, 0.4) is 0 Å². The zero-order chi connectivity index (χ0) is 12.4. The summed E-state index contributed by atoms with van der Waals surface area (Å²) >= 11 is 0. The molecule has 88 valence electrons. The second-order valence-electron chi connectivity index (χ2n) is 4.20. The Balaban J connectivity index is 2.36. The molecule has 0 aliphatic heterocycles. The van der Waals surface area contributed by atoms with Crippen molar-refractivity contribution < 1.29 is 0 Å². The largest absolute Gasteiger partial charge is 0.383 e. The van der Waals surface area contributed by atoms with Crippen LogP contribution in [0.2, 0.25) is 0 Å². The lowest BCUT2D eigenvalue weighted by Crippen LogP contribution is -2.07. The Morgan fingerprint density at radius 2 is 1.88 bits per heavy atom. The standard InChI is InChI=1S/C13H16N4/c1-8-4-3-5-10(6-8)7-11-9(2)16-13(15)17-12(11)14/h3-6H,7H2,1-2H3,(H4,14,15,16,17). The fourth-order valence-corrected chi connectivity index (χ4v) is 1.89. The fourth-order valence-electron chi connectivity index (χ4n) is 1.89. The first kappa shape index (κ1) is 11.4. The van der Waals surface area contributed by atoms with E-state index in [0.29, 0.717) is 5.82 Å². The maximum atomic E-state index is 5.88. The molecule has 0 fully saturated rings. The van der Waals surface area contributed by atoms with Gasteiger partial charge < -0.3 is 11.5 Å². The van der Waals surface area contributed by atoms with E-state index < -0.39 is 0 Å². The predicted molar refractivity (Wildman–Crippen MR) is 69.6 cm³/mol. The zero-order valence-electron chi connectivity index (χ0n) is 10.1. The Morgan fingerprint density at radius 3 is 2.53 bits per heavy atom. The third-order valence-electron chi connectivity index (χ3n) is 2.73. The number of nitrogen functional groups attached to an aromatic ring is 2. The molecule has 0 atom stereocenters. The van der Waals surface area contributed by atoms with Crippen LogP contribution in [0.4, 0.5) is 11.8 Å². The molecule has 2 aromatic rings. The van der Waals surface area contributed by atoms with Crippen molar-refractivity contribution in [3.63, 3.8) is 0 Å². The molecule has 0 saturated carbocycles. The van der Waals surface area contributed by atoms with Crippen molar-refractivity contribution in [1.29, 1.82) is 0 Å². The van der Waals surface area contributed by atoms with E-state index in [2.05, 4.69) is 35.1 Å². The Labute approximate surface area is 101 Å². The van der Waals surface area contributed by atoms with Crippen LogP contribution >= 0.6 is 0 Å². The second kappa shape index (κ2) is 4.41. The summed E-state index contributed by atoms with van der Waals surface area (Å²) in [5, 5.41) is 0. The van der Waals surface area contributed by atoms with Crippen molar-refractivity contribution in [3.8, 4) is 0 Å². The number of hydrogen-bond acceptors (Lipinski definition) is 4. The summed E-state index contributed by atoms with van der Waals surface area (Å²) in [5.41, 5.74) is 15.6. The van der Waals surface area contributed by atoms with Crippen LogP contribution in [0.15, 0.2) is 24.3 Å². The van der Waals surface area contributed by atoms with Gasteiger partial charge in [-0.15, -0.1) is 0 Å². The molecule has 4 nitrogen and oxygen atoms in total. The first-order chi connectivity index (χ1) is 8.06. The molecule has 1 heterocycles. The summed E-state index contributed by atoms with van der Waals surface area (Å²) in [6.07, 6.45) is 0.736. The Bertz CT molecular complexity index is 526. The molecular formula is C13H16N4. The number of anilines is 2. The number of benzene rings is 1. The van der Waals surface area contributed by atoms with Gasteiger partial charge in [-0.2, -0.15) is 4.98 Å². The highest BCUT2D eigenvalue weighted by molar-refractivity contribution is 5.48. The van der Waals surface area contributed by atoms with Gasteiger partial charge in [0, 0.05) is 17.7 Å². The Morgan fingerprint density at radius 1 is 1.12 bits per heavy atom. The third kappa shape index (κ3) is 2.53. The summed E-state index contributed by atoms with van der Waals surface area (Å²) in [4.78, 5) is 8.14. The number of nitrogens with two attached hydrogens (primary N) is 2. The first-order valence-corrected chi connectivity index (χ1v) is 5.50. The van der Waals surface area contributed by atoms with E-state index in [1.165, 1.54) is 11.1 Å². The van der Waals surface area contributed by atoms with Gasteiger partial charge in [-0.1, -0.05) is 29.8 Å². The SMILES string of the molecule is Cc1cccc(Cc2c(C)nc(N)nc2N)c1. The molecule has 0 bridgehead atoms. The molecule has 2 rings (SSSR count). The highest BCUT2D eigenvalue weighted by atomic mass is 15.0. The van der Waals surface area contributed by atoms with Crippen LogP contribution in [0.5, 0.6) is 0 Å². The number of hydrogen-bond donors (Lipinski definition) is 2. The van der Waals surface area contributed by atoms with Gasteiger partial charge in [0.05, 0.1) is 0 Å². The van der Waals surface area contributed by atoms with E-state index in [9.17, 15) is 0 Å². The van der Waals surface area contributed by atoms with E-state index in [4.69, 9.17) is 11.5 Å². The van der Waals surface area contributed by atoms with Crippen molar-refractivity contribution in [2.24, 2.45) is 0 Å². The normalized spacial score (nSPS) is 10.5. The number of nitrogens with zero attached hydrogens (tertiary/aromatic N) is 2. The van der Waals surface area contributed by atoms with E-state index >= 15 is 0 Å². The summed E-state index contributed by atoms with van der Waals surface area (Å²) in [6.45, 7) is 3.97. The monoisotopic (exact) mass is 228 g/mol. The third-order valence-corrected chi connectivity index (χ3v) is 2.73. The van der Waals surface area contributed by atoms with Gasteiger partial charge >= 0.3 is 0 Å². The van der Waals surface area contributed by atoms with Crippen molar-refractivity contribution in [1.82, 2.24) is 9.97 Å². The lowest BCUT2D eigenvalue weighted by atomic mass is 10.0. The fraction of sp³-hybridized carbons (Fsp3) is 0.231. The van der Waals surface area contributed by atoms with E-state index in [1.807, 2.05) is 13.0 Å². The number of aromatic nitrogens is 2. The molecule has 4 N–H and O–H groups in total. The molecule has 0 amide bonds. The highest BCUT2D eigenvalue weighted by Gasteiger charge is 2.08. The average Bonchev–Trinajstić information content (AvgIpc) is 2.23. The van der Waals surface area contributed by atoms with Crippen LogP contribution in [-0.4, -0.2) is 9.97 Å². The van der Waals surface area contributed by atoms with Crippen molar-refractivity contribution in [2.75, 3.05) is 11.5 Å². The Hall–Kier alpha value is -2.10. The van der Waals surface area contributed by atoms with E-state index in [1.54, 1.807) is 0 Å². The highest BCUT2D eigenvalue weighted by Crippen LogP contribution is 2.19. The molecule has 4 heteroatoms. The Kier molecular flexibility index (Phi) is 2.95. The van der Waals surface area contributed by atoms with Crippen molar-refractivity contribution in [3.05, 3.63) is 46.6 Å². The maximum Gasteiger partial charge on any atom is 0.222 e. The molecule has 0 aliphatic rings. The summed E-state index contributed by atoms with van der Waals surface area (Å²) in [5.74, 6) is 0.699. The zero-order valence-corrected chi connectivity index (χ0v) is 10.1. The quantitative estimate of drug-likeness (QED) is 0.822. The van der Waals surface area contributed by atoms with Gasteiger partial charge in [-0.05, 0) is 19.4 Å². The van der Waals surface area contributed by atoms with Gasteiger partial charge in [0.2, 0.25) is 5.95 Å². The van der Waals surface area contributed by atoms with Crippen LogP contribution in [0, 0.1) is 13.8 Å². The summed E-state index contributed by atoms with van der Waals surface area (Å²) in [7, 11) is 0. The molecule has 0 radical (unpaired) electrons. The van der Waals surface area contributed by atoms with Crippen molar-refractivity contribution >= 4 is 11.8 Å². The van der Waals surface area contributed by atoms with Gasteiger partial charge in [-0.3, -0.25) is 0 Å². The first-order valence-electron chi connectivity index (χ1n) is 5.50. The second-order valence-corrected chi connectivity index (χ2v) is 4.20. The maximum absolute atomic E-state index is 5.88. The molecular weight excluding hydrogens is 212 g/mol. The topological polar surface area (TPSA) is 77.8 Å². The average molecular weight is 228 g/mol. The molecule has 0 saturated heterocycles. The minimum Gasteiger partial charge on any atom is -0.383 e. The number of rotatable bonds is 2. The minimum absolute atomic E-state index is 0.230. The molecule has 1 aromatic carbocycles. The minimum atomic E-state index is 0.230. The molecule has 0 spiro atoms. The molecule has 1 aromatic heterocycles. The number of aryl methyl sites for hydroxylation is 2. The van der Waals surface area contributed by atoms with Gasteiger partial charge in [0.15, 0.2) is 0 Å². The summed E-state index contributed by atoms with van der Waals surface area (Å²) in [6, 6.07) is 8.31. The smallest absolute Gasteiger partial charge is 0.222 e. The van der Waals surface area contributed by atoms with Crippen LogP contribution < -0.4 is 11.5 Å². The van der Waals surface area contributed by atoms with Crippen molar-refractivity contribution in [2.45, 2.75) is 20.3 Å². The van der Waals surface area contributed by atoms with Gasteiger partial charge in [0.25, 0.3) is 0 Å². The summed E-state index contributed by atoms with van der Waals surface area (Å²) < 4.78 is 0. The lowest BCUT2D eigenvalue weighted by Gasteiger charge is -2.09. The van der Waals surface area contributed by atoms with E-state index in [0.717, 1.165) is 17.7 Å². The molecule has 17 heavy (non-hydrogen) atoms. The van der Waals surface area contributed by atoms with Gasteiger partial charge in [0.1, 0.15) is 5.82 Å². The van der Waals surface area contributed by atoms with Crippen LogP contribution in [0.25, 0.3) is 0 Å². The van der Waals surface area contributed by atoms with Crippen LogP contribution in [-0.2, 0) is 6.42 Å². The van der Waals surface area contributed by atoms with Gasteiger partial charge in [-0.25, -0.2) is 4.98 Å². The predicted octanol–water partition coefficient (Wildman–Crippen LogP) is 1.85. The lowest BCUT2D eigenvalue weighted by molar-refractivity contribution is 1.03. The van der Waals surface area contributed by atoms with E-state index in [-0.39, 0.29) is 5.95 Å².